The first-order valence-corrected chi connectivity index (χ1v) is 9.59. The summed E-state index contributed by atoms with van der Waals surface area (Å²) in [6, 6.07) is 14.2. The van der Waals surface area contributed by atoms with Crippen LogP contribution in [-0.2, 0) is 4.74 Å². The number of nitrogens with zero attached hydrogens (tertiary/aromatic N) is 2. The molecular formula is C21H25N5O2. The number of benzene rings is 2. The third kappa shape index (κ3) is 4.32. The van der Waals surface area contributed by atoms with Crippen molar-refractivity contribution < 1.29 is 9.53 Å². The quantitative estimate of drug-likeness (QED) is 0.636. The number of urea groups is 1. The number of anilines is 1. The first-order chi connectivity index (χ1) is 13.7. The molecule has 0 radical (unpaired) electrons. The van der Waals surface area contributed by atoms with E-state index in [1.807, 2.05) is 12.1 Å². The molecule has 7 nitrogen and oxygen atoms in total. The molecule has 0 bridgehead atoms. The number of carbonyl (C=O) groups is 1. The van der Waals surface area contributed by atoms with Gasteiger partial charge in [-0.3, -0.25) is 15.3 Å². The molecule has 2 heterocycles. The summed E-state index contributed by atoms with van der Waals surface area (Å²) < 4.78 is 5.33. The topological polar surface area (TPSA) is 82.3 Å². The Labute approximate surface area is 164 Å². The lowest BCUT2D eigenvalue weighted by molar-refractivity contribution is 0.0388. The van der Waals surface area contributed by atoms with E-state index >= 15 is 0 Å². The summed E-state index contributed by atoms with van der Waals surface area (Å²) in [7, 11) is 0. The molecule has 28 heavy (non-hydrogen) atoms. The first-order valence-electron chi connectivity index (χ1n) is 9.59. The van der Waals surface area contributed by atoms with Gasteiger partial charge < -0.3 is 10.1 Å². The molecule has 1 fully saturated rings. The predicted molar refractivity (Wildman–Crippen MR) is 111 cm³/mol. The van der Waals surface area contributed by atoms with Crippen LogP contribution in [0.4, 0.5) is 10.6 Å². The molecule has 3 aromatic rings. The van der Waals surface area contributed by atoms with Crippen molar-refractivity contribution in [2.75, 3.05) is 44.7 Å². The standard InChI is InChI=1S/C21H25N5O2/c1-15-2-4-16(5-3-15)17-6-7-18-19(14-17)24-25-20(18)23-21(27)22-8-9-26-10-12-28-13-11-26/h2-7,14H,8-13H2,1H3,(H3,22,23,24,25,27). The highest BCUT2D eigenvalue weighted by atomic mass is 16.5. The van der Waals surface area contributed by atoms with Gasteiger partial charge in [-0.1, -0.05) is 35.9 Å². The SMILES string of the molecule is Cc1ccc(-c2ccc3c(NC(=O)NCCN4CCOCC4)n[nH]c3c2)cc1. The van der Waals surface area contributed by atoms with E-state index in [-0.39, 0.29) is 6.03 Å². The third-order valence-corrected chi connectivity index (χ3v) is 5.00. The molecule has 1 aromatic heterocycles. The molecule has 7 heteroatoms. The number of hydrogen-bond acceptors (Lipinski definition) is 4. The van der Waals surface area contributed by atoms with E-state index in [0.29, 0.717) is 12.4 Å². The number of aromatic nitrogens is 2. The Morgan fingerprint density at radius 3 is 2.68 bits per heavy atom. The van der Waals surface area contributed by atoms with Crippen molar-refractivity contribution in [3.63, 3.8) is 0 Å². The number of morpholine rings is 1. The van der Waals surface area contributed by atoms with Gasteiger partial charge in [-0.2, -0.15) is 5.10 Å². The minimum atomic E-state index is -0.246. The molecule has 1 aliphatic rings. The normalized spacial score (nSPS) is 14.9. The van der Waals surface area contributed by atoms with Crippen molar-refractivity contribution in [1.82, 2.24) is 20.4 Å². The summed E-state index contributed by atoms with van der Waals surface area (Å²) in [5.74, 6) is 0.536. The number of H-pyrrole nitrogens is 1. The van der Waals surface area contributed by atoms with Gasteiger partial charge in [-0.25, -0.2) is 4.79 Å². The van der Waals surface area contributed by atoms with Gasteiger partial charge in [0.15, 0.2) is 5.82 Å². The van der Waals surface area contributed by atoms with Crippen LogP contribution in [0, 0.1) is 6.92 Å². The molecule has 3 N–H and O–H groups in total. The maximum atomic E-state index is 12.2. The molecule has 1 aliphatic heterocycles. The highest BCUT2D eigenvalue weighted by molar-refractivity contribution is 6.00. The van der Waals surface area contributed by atoms with Crippen LogP contribution < -0.4 is 10.6 Å². The second-order valence-corrected chi connectivity index (χ2v) is 7.03. The van der Waals surface area contributed by atoms with Gasteiger partial charge in [0.2, 0.25) is 0 Å². The zero-order valence-electron chi connectivity index (χ0n) is 16.0. The number of nitrogens with one attached hydrogen (secondary N) is 3. The monoisotopic (exact) mass is 379 g/mol. The summed E-state index contributed by atoms with van der Waals surface area (Å²) in [6.07, 6.45) is 0. The summed E-state index contributed by atoms with van der Waals surface area (Å²) in [5.41, 5.74) is 4.38. The van der Waals surface area contributed by atoms with Crippen molar-refractivity contribution in [3.05, 3.63) is 48.0 Å². The first kappa shape index (κ1) is 18.5. The molecule has 4 rings (SSSR count). The molecule has 2 aromatic carbocycles. The van der Waals surface area contributed by atoms with E-state index in [0.717, 1.165) is 54.9 Å². The summed E-state index contributed by atoms with van der Waals surface area (Å²) in [6.45, 7) is 6.83. The summed E-state index contributed by atoms with van der Waals surface area (Å²) >= 11 is 0. The van der Waals surface area contributed by atoms with Crippen molar-refractivity contribution in [2.24, 2.45) is 0 Å². The second kappa shape index (κ2) is 8.41. The molecule has 0 spiro atoms. The smallest absolute Gasteiger partial charge is 0.320 e. The molecule has 0 aliphatic carbocycles. The van der Waals surface area contributed by atoms with Crippen molar-refractivity contribution in [2.45, 2.75) is 6.92 Å². The van der Waals surface area contributed by atoms with Crippen LogP contribution in [0.1, 0.15) is 5.56 Å². The molecular weight excluding hydrogens is 354 g/mol. The van der Waals surface area contributed by atoms with Crippen molar-refractivity contribution in [3.8, 4) is 11.1 Å². The van der Waals surface area contributed by atoms with Gasteiger partial charge in [0, 0.05) is 31.6 Å². The molecule has 0 saturated carbocycles. The van der Waals surface area contributed by atoms with Gasteiger partial charge in [0.1, 0.15) is 0 Å². The average Bonchev–Trinajstić information content (AvgIpc) is 3.11. The number of carbonyl (C=O) groups excluding carboxylic acids is 1. The predicted octanol–water partition coefficient (Wildman–Crippen LogP) is 2.99. The number of fused-ring (bicyclic) bond motifs is 1. The maximum Gasteiger partial charge on any atom is 0.320 e. The lowest BCUT2D eigenvalue weighted by atomic mass is 10.0. The second-order valence-electron chi connectivity index (χ2n) is 7.03. The largest absolute Gasteiger partial charge is 0.379 e. The molecule has 2 amide bonds. The van der Waals surface area contributed by atoms with Gasteiger partial charge in [-0.15, -0.1) is 0 Å². The maximum absolute atomic E-state index is 12.2. The van der Waals surface area contributed by atoms with Crippen LogP contribution in [0.25, 0.3) is 22.0 Å². The number of ether oxygens (including phenoxy) is 1. The number of hydrogen-bond donors (Lipinski definition) is 3. The number of amides is 2. The zero-order chi connectivity index (χ0) is 19.3. The molecule has 1 saturated heterocycles. The van der Waals surface area contributed by atoms with Gasteiger partial charge >= 0.3 is 6.03 Å². The van der Waals surface area contributed by atoms with Crippen molar-refractivity contribution >= 4 is 22.8 Å². The Morgan fingerprint density at radius 2 is 1.89 bits per heavy atom. The van der Waals surface area contributed by atoms with Crippen LogP contribution >= 0.6 is 0 Å². The number of aromatic amines is 1. The summed E-state index contributed by atoms with van der Waals surface area (Å²) in [4.78, 5) is 14.5. The zero-order valence-corrected chi connectivity index (χ0v) is 16.0. The van der Waals surface area contributed by atoms with Crippen LogP contribution in [0.3, 0.4) is 0 Å². The van der Waals surface area contributed by atoms with E-state index in [2.05, 4.69) is 63.0 Å². The Balaban J connectivity index is 1.37. The minimum absolute atomic E-state index is 0.246. The highest BCUT2D eigenvalue weighted by Gasteiger charge is 2.12. The van der Waals surface area contributed by atoms with Crippen molar-refractivity contribution in [1.29, 1.82) is 0 Å². The van der Waals surface area contributed by atoms with Crippen LogP contribution in [-0.4, -0.2) is 60.5 Å². The van der Waals surface area contributed by atoms with E-state index in [9.17, 15) is 4.79 Å². The van der Waals surface area contributed by atoms with Crippen LogP contribution in [0.15, 0.2) is 42.5 Å². The Bertz CT molecular complexity index is 945. The fraction of sp³-hybridized carbons (Fsp3) is 0.333. The summed E-state index contributed by atoms with van der Waals surface area (Å²) in [5, 5.41) is 13.9. The fourth-order valence-electron chi connectivity index (χ4n) is 3.34. The highest BCUT2D eigenvalue weighted by Crippen LogP contribution is 2.27. The van der Waals surface area contributed by atoms with E-state index in [4.69, 9.17) is 4.74 Å². The lowest BCUT2D eigenvalue weighted by Gasteiger charge is -2.26. The fourth-order valence-corrected chi connectivity index (χ4v) is 3.34. The molecule has 0 atom stereocenters. The third-order valence-electron chi connectivity index (χ3n) is 5.00. The van der Waals surface area contributed by atoms with Crippen LogP contribution in [0.2, 0.25) is 0 Å². The Hall–Kier alpha value is -2.90. The van der Waals surface area contributed by atoms with Crippen LogP contribution in [0.5, 0.6) is 0 Å². The van der Waals surface area contributed by atoms with E-state index in [1.54, 1.807) is 0 Å². The van der Waals surface area contributed by atoms with Gasteiger partial charge in [-0.05, 0) is 30.2 Å². The van der Waals surface area contributed by atoms with Gasteiger partial charge in [0.05, 0.1) is 18.7 Å². The Kier molecular flexibility index (Phi) is 5.55. The number of rotatable bonds is 5. The van der Waals surface area contributed by atoms with E-state index in [1.165, 1.54) is 5.56 Å². The van der Waals surface area contributed by atoms with E-state index < -0.39 is 0 Å². The Morgan fingerprint density at radius 1 is 1.14 bits per heavy atom. The van der Waals surface area contributed by atoms with Gasteiger partial charge in [0.25, 0.3) is 0 Å². The average molecular weight is 379 g/mol. The molecule has 146 valence electrons. The molecule has 0 unspecified atom stereocenters. The lowest BCUT2D eigenvalue weighted by Crippen LogP contribution is -2.42. The number of aryl methyl sites for hydroxylation is 1. The minimum Gasteiger partial charge on any atom is -0.379 e.